The molecule has 0 aliphatic carbocycles. The molecule has 1 aliphatic heterocycles. The van der Waals surface area contributed by atoms with Crippen LogP contribution in [0.25, 0.3) is 0 Å². The van der Waals surface area contributed by atoms with Gasteiger partial charge in [-0.3, -0.25) is 4.84 Å². The second kappa shape index (κ2) is 6.62. The number of rotatable bonds is 5. The molecule has 1 aliphatic rings. The van der Waals surface area contributed by atoms with Crippen LogP contribution in [0.15, 0.2) is 60.7 Å². The van der Waals surface area contributed by atoms with Gasteiger partial charge in [0.15, 0.2) is 5.60 Å². The summed E-state index contributed by atoms with van der Waals surface area (Å²) in [5.74, 6) is 0. The van der Waals surface area contributed by atoms with Crippen LogP contribution in [0.4, 0.5) is 0 Å². The Morgan fingerprint density at radius 1 is 1.00 bits per heavy atom. The van der Waals surface area contributed by atoms with Crippen molar-refractivity contribution in [2.45, 2.75) is 24.5 Å². The topological polar surface area (TPSA) is 33.3 Å². The summed E-state index contributed by atoms with van der Waals surface area (Å²) in [5, 5.41) is 3.58. The molecule has 0 radical (unpaired) electrons. The van der Waals surface area contributed by atoms with E-state index in [-0.39, 0.29) is 6.04 Å². The van der Waals surface area contributed by atoms with Crippen LogP contribution in [0.1, 0.15) is 24.0 Å². The van der Waals surface area contributed by atoms with E-state index in [0.717, 1.165) is 30.5 Å². The van der Waals surface area contributed by atoms with Gasteiger partial charge in [0.05, 0.1) is 0 Å². The monoisotopic (exact) mass is 300 g/mol. The van der Waals surface area contributed by atoms with Gasteiger partial charge in [-0.05, 0) is 30.5 Å². The van der Waals surface area contributed by atoms with Gasteiger partial charge in [-0.15, -0.1) is 4.89 Å². The van der Waals surface area contributed by atoms with Gasteiger partial charge >= 0.3 is 0 Å². The summed E-state index contributed by atoms with van der Waals surface area (Å²) in [6.07, 6.45) is 2.22. The molecule has 1 fully saturated rings. The van der Waals surface area contributed by atoms with E-state index in [1.165, 1.54) is 0 Å². The minimum atomic E-state index is -0.583. The molecular formula is C17H20N2OS. The zero-order chi connectivity index (χ0) is 14.5. The maximum Gasteiger partial charge on any atom is 0.156 e. The summed E-state index contributed by atoms with van der Waals surface area (Å²) >= 11 is 4.11. The fourth-order valence-electron chi connectivity index (χ4n) is 3.23. The van der Waals surface area contributed by atoms with Gasteiger partial charge in [0.1, 0.15) is 0 Å². The van der Waals surface area contributed by atoms with Gasteiger partial charge in [-0.25, -0.2) is 0 Å². The van der Waals surface area contributed by atoms with Crippen LogP contribution in [0.3, 0.4) is 0 Å². The minimum absolute atomic E-state index is 0.210. The van der Waals surface area contributed by atoms with Crippen molar-refractivity contribution in [3.05, 3.63) is 71.8 Å². The SMILES string of the molecule is SNOC(c1ccccc1)(c1ccccc1)[C@@H]1CCCN1. The summed E-state index contributed by atoms with van der Waals surface area (Å²) < 4.78 is 0. The Labute approximate surface area is 131 Å². The molecule has 4 heteroatoms. The molecule has 0 saturated carbocycles. The largest absolute Gasteiger partial charge is 0.311 e. The van der Waals surface area contributed by atoms with Gasteiger partial charge in [0, 0.05) is 6.04 Å². The zero-order valence-electron chi connectivity index (χ0n) is 11.8. The van der Waals surface area contributed by atoms with Crippen molar-refractivity contribution in [3.8, 4) is 0 Å². The van der Waals surface area contributed by atoms with Gasteiger partial charge < -0.3 is 5.32 Å². The molecule has 0 unspecified atom stereocenters. The first kappa shape index (κ1) is 14.6. The Hall–Kier alpha value is -1.33. The van der Waals surface area contributed by atoms with Crippen LogP contribution in [0, 0.1) is 0 Å². The third-order valence-corrected chi connectivity index (χ3v) is 4.25. The fourth-order valence-corrected chi connectivity index (χ4v) is 3.38. The van der Waals surface area contributed by atoms with Crippen molar-refractivity contribution < 1.29 is 4.84 Å². The number of hydrogen-bond acceptors (Lipinski definition) is 4. The number of nitrogens with one attached hydrogen (secondary N) is 2. The summed E-state index contributed by atoms with van der Waals surface area (Å²) in [5.41, 5.74) is 1.66. The Morgan fingerprint density at radius 3 is 2.00 bits per heavy atom. The highest BCUT2D eigenvalue weighted by atomic mass is 32.1. The highest BCUT2D eigenvalue weighted by Gasteiger charge is 2.45. The first-order valence-electron chi connectivity index (χ1n) is 7.29. The quantitative estimate of drug-likeness (QED) is 0.586. The van der Waals surface area contributed by atoms with Crippen LogP contribution in [0.5, 0.6) is 0 Å². The molecule has 0 amide bonds. The maximum absolute atomic E-state index is 6.04. The fraction of sp³-hybridized carbons (Fsp3) is 0.294. The Balaban J connectivity index is 2.15. The molecule has 1 saturated heterocycles. The van der Waals surface area contributed by atoms with E-state index in [0.29, 0.717) is 0 Å². The molecule has 3 rings (SSSR count). The lowest BCUT2D eigenvalue weighted by Crippen LogP contribution is -2.49. The molecule has 0 aromatic heterocycles. The molecule has 2 N–H and O–H groups in total. The molecule has 110 valence electrons. The predicted octanol–water partition coefficient (Wildman–Crippen LogP) is 3.05. The van der Waals surface area contributed by atoms with E-state index in [1.807, 2.05) is 36.4 Å². The molecule has 1 heterocycles. The molecule has 0 spiro atoms. The lowest BCUT2D eigenvalue weighted by atomic mass is 9.79. The zero-order valence-corrected chi connectivity index (χ0v) is 12.7. The third-order valence-electron chi connectivity index (χ3n) is 4.16. The minimum Gasteiger partial charge on any atom is -0.311 e. The van der Waals surface area contributed by atoms with E-state index >= 15 is 0 Å². The van der Waals surface area contributed by atoms with E-state index in [2.05, 4.69) is 47.3 Å². The summed E-state index contributed by atoms with van der Waals surface area (Å²) in [7, 11) is 0. The predicted molar refractivity (Wildman–Crippen MR) is 87.9 cm³/mol. The Morgan fingerprint density at radius 2 is 1.57 bits per heavy atom. The average molecular weight is 300 g/mol. The van der Waals surface area contributed by atoms with Crippen LogP contribution >= 0.6 is 12.8 Å². The maximum atomic E-state index is 6.04. The van der Waals surface area contributed by atoms with Crippen LogP contribution in [-0.4, -0.2) is 12.6 Å². The van der Waals surface area contributed by atoms with Crippen LogP contribution < -0.4 is 10.2 Å². The Kier molecular flexibility index (Phi) is 4.60. The van der Waals surface area contributed by atoms with Gasteiger partial charge in [-0.1, -0.05) is 73.5 Å². The number of hydrogen-bond donors (Lipinski definition) is 3. The summed E-state index contributed by atoms with van der Waals surface area (Å²) in [4.78, 5) is 8.67. The third kappa shape index (κ3) is 2.72. The summed E-state index contributed by atoms with van der Waals surface area (Å²) in [6, 6.07) is 20.9. The van der Waals surface area contributed by atoms with E-state index in [4.69, 9.17) is 4.84 Å². The van der Waals surface area contributed by atoms with Crippen molar-refractivity contribution >= 4 is 12.8 Å². The normalized spacial score (nSPS) is 18.8. The number of benzene rings is 2. The van der Waals surface area contributed by atoms with Crippen molar-refractivity contribution in [2.24, 2.45) is 0 Å². The number of thiol groups is 1. The second-order valence-corrected chi connectivity index (χ2v) is 5.49. The first-order chi connectivity index (χ1) is 10.4. The molecule has 3 nitrogen and oxygen atoms in total. The standard InChI is InChI=1S/C17H20N2OS/c21-19-20-17(16-12-7-13-18-16,14-8-3-1-4-9-14)15-10-5-2-6-11-15/h1-6,8-11,16,18-19,21H,7,12-13H2/t16-/m0/s1. The summed E-state index contributed by atoms with van der Waals surface area (Å²) in [6.45, 7) is 1.02. The van der Waals surface area contributed by atoms with Crippen molar-refractivity contribution in [2.75, 3.05) is 6.54 Å². The van der Waals surface area contributed by atoms with Gasteiger partial charge in [0.2, 0.25) is 0 Å². The molecule has 21 heavy (non-hydrogen) atoms. The van der Waals surface area contributed by atoms with E-state index in [1.54, 1.807) is 0 Å². The average Bonchev–Trinajstić information content (AvgIpc) is 3.09. The van der Waals surface area contributed by atoms with Crippen molar-refractivity contribution in [1.82, 2.24) is 10.2 Å². The van der Waals surface area contributed by atoms with Crippen molar-refractivity contribution in [1.29, 1.82) is 0 Å². The van der Waals surface area contributed by atoms with Crippen LogP contribution in [-0.2, 0) is 10.4 Å². The molecule has 1 atom stereocenters. The second-order valence-electron chi connectivity index (χ2n) is 5.31. The molecule has 2 aromatic rings. The van der Waals surface area contributed by atoms with Crippen LogP contribution in [0.2, 0.25) is 0 Å². The lowest BCUT2D eigenvalue weighted by Gasteiger charge is -2.39. The lowest BCUT2D eigenvalue weighted by molar-refractivity contribution is -0.0670. The smallest absolute Gasteiger partial charge is 0.156 e. The molecular weight excluding hydrogens is 280 g/mol. The van der Waals surface area contributed by atoms with Gasteiger partial charge in [-0.2, -0.15) is 0 Å². The van der Waals surface area contributed by atoms with Crippen molar-refractivity contribution in [3.63, 3.8) is 0 Å². The molecule has 2 aromatic carbocycles. The molecule has 0 bridgehead atoms. The highest BCUT2D eigenvalue weighted by molar-refractivity contribution is 7.77. The van der Waals surface area contributed by atoms with Gasteiger partial charge in [0.25, 0.3) is 0 Å². The van der Waals surface area contributed by atoms with E-state index in [9.17, 15) is 0 Å². The first-order valence-corrected chi connectivity index (χ1v) is 7.74. The Bertz CT molecular complexity index is 516. The highest BCUT2D eigenvalue weighted by Crippen LogP contribution is 2.39. The van der Waals surface area contributed by atoms with E-state index < -0.39 is 5.60 Å².